The van der Waals surface area contributed by atoms with Gasteiger partial charge in [0.05, 0.1) is 0 Å². The van der Waals surface area contributed by atoms with Gasteiger partial charge < -0.3 is 10.2 Å². The van der Waals surface area contributed by atoms with Crippen LogP contribution < -0.4 is 5.32 Å². The van der Waals surface area contributed by atoms with E-state index in [1.54, 1.807) is 0 Å². The van der Waals surface area contributed by atoms with Crippen LogP contribution in [0.3, 0.4) is 0 Å². The van der Waals surface area contributed by atoms with Gasteiger partial charge in [-0.25, -0.2) is 0 Å². The molecule has 1 aromatic rings. The van der Waals surface area contributed by atoms with Crippen molar-refractivity contribution in [3.8, 4) is 0 Å². The summed E-state index contributed by atoms with van der Waals surface area (Å²) in [5, 5.41) is 3.47. The molecule has 2 heterocycles. The summed E-state index contributed by atoms with van der Waals surface area (Å²) in [5.74, 6) is 0. The Morgan fingerprint density at radius 1 is 1.05 bits per heavy atom. The number of piperidine rings is 1. The van der Waals surface area contributed by atoms with E-state index in [4.69, 9.17) is 0 Å². The first kappa shape index (κ1) is 12.9. The van der Waals surface area contributed by atoms with Crippen LogP contribution in [-0.2, 0) is 6.42 Å². The second-order valence-corrected chi connectivity index (χ2v) is 6.15. The molecule has 0 bridgehead atoms. The van der Waals surface area contributed by atoms with Gasteiger partial charge in [0.2, 0.25) is 0 Å². The number of nitrogens with one attached hydrogen (secondary N) is 1. The predicted octanol–water partition coefficient (Wildman–Crippen LogP) is 3.48. The summed E-state index contributed by atoms with van der Waals surface area (Å²) in [6.45, 7) is 2.27. The van der Waals surface area contributed by atoms with E-state index in [2.05, 4.69) is 58.9 Å². The van der Waals surface area contributed by atoms with E-state index in [0.29, 0.717) is 6.04 Å². The van der Waals surface area contributed by atoms with E-state index in [0.717, 1.165) is 25.9 Å². The molecule has 2 aliphatic heterocycles. The summed E-state index contributed by atoms with van der Waals surface area (Å²) in [6.07, 6.45) is 14.0. The topological polar surface area (TPSA) is 15.3 Å². The normalized spacial score (nSPS) is 22.0. The maximum Gasteiger partial charge on any atom is 0.0447 e. The lowest BCUT2D eigenvalue weighted by molar-refractivity contribution is 0.273. The summed E-state index contributed by atoms with van der Waals surface area (Å²) in [7, 11) is 0. The maximum atomic E-state index is 3.47. The van der Waals surface area contributed by atoms with Crippen LogP contribution in [0.2, 0.25) is 0 Å². The van der Waals surface area contributed by atoms with Gasteiger partial charge in [0.15, 0.2) is 0 Å². The molecule has 2 nitrogen and oxygen atoms in total. The number of benzene rings is 1. The van der Waals surface area contributed by atoms with Crippen LogP contribution in [0.5, 0.6) is 0 Å². The zero-order valence-electron chi connectivity index (χ0n) is 12.4. The summed E-state index contributed by atoms with van der Waals surface area (Å²) in [6, 6.07) is 9.47. The third-order valence-electron chi connectivity index (χ3n) is 4.86. The molecular weight excluding hydrogens is 256 g/mol. The number of fused-ring (bicyclic) bond motifs is 2. The molecule has 0 atom stereocenters. The van der Waals surface area contributed by atoms with E-state index >= 15 is 0 Å². The summed E-state index contributed by atoms with van der Waals surface area (Å²) in [5.41, 5.74) is 5.79. The highest BCUT2D eigenvalue weighted by Gasteiger charge is 2.25. The van der Waals surface area contributed by atoms with Crippen molar-refractivity contribution < 1.29 is 0 Å². The van der Waals surface area contributed by atoms with Crippen LogP contribution in [0.25, 0.3) is 6.08 Å². The smallest absolute Gasteiger partial charge is 0.0447 e. The number of hydrogen-bond donors (Lipinski definition) is 1. The zero-order valence-corrected chi connectivity index (χ0v) is 12.4. The molecule has 1 fully saturated rings. The molecule has 1 saturated heterocycles. The van der Waals surface area contributed by atoms with Crippen LogP contribution >= 0.6 is 0 Å². The molecule has 3 aliphatic rings. The molecule has 0 unspecified atom stereocenters. The predicted molar refractivity (Wildman–Crippen MR) is 87.7 cm³/mol. The molecule has 0 amide bonds. The van der Waals surface area contributed by atoms with Crippen molar-refractivity contribution in [2.75, 3.05) is 13.1 Å². The summed E-state index contributed by atoms with van der Waals surface area (Å²) in [4.78, 5) is 2.53. The van der Waals surface area contributed by atoms with Crippen LogP contribution in [-0.4, -0.2) is 24.0 Å². The highest BCUT2D eigenvalue weighted by Crippen LogP contribution is 2.34. The third kappa shape index (κ3) is 2.44. The lowest BCUT2D eigenvalue weighted by Gasteiger charge is -2.37. The SMILES string of the molecule is C1=CN(C2CCNCC2)C2=Cc3ccccc3CCC2=C1. The van der Waals surface area contributed by atoms with E-state index < -0.39 is 0 Å². The van der Waals surface area contributed by atoms with Gasteiger partial charge in [-0.15, -0.1) is 0 Å². The number of allylic oxidation sites excluding steroid dienone is 3. The minimum absolute atomic E-state index is 0.641. The van der Waals surface area contributed by atoms with E-state index in [9.17, 15) is 0 Å². The molecule has 1 aliphatic carbocycles. The Kier molecular flexibility index (Phi) is 3.40. The van der Waals surface area contributed by atoms with Gasteiger partial charge in [0.1, 0.15) is 0 Å². The van der Waals surface area contributed by atoms with Gasteiger partial charge >= 0.3 is 0 Å². The molecular formula is C19H22N2. The fraction of sp³-hybridized carbons (Fsp3) is 0.368. The van der Waals surface area contributed by atoms with Crippen molar-refractivity contribution in [2.45, 2.75) is 31.7 Å². The molecule has 4 rings (SSSR count). The van der Waals surface area contributed by atoms with Gasteiger partial charge in [-0.1, -0.05) is 30.3 Å². The van der Waals surface area contributed by atoms with E-state index in [-0.39, 0.29) is 0 Å². The first-order chi connectivity index (χ1) is 10.4. The fourth-order valence-electron chi connectivity index (χ4n) is 3.68. The van der Waals surface area contributed by atoms with Gasteiger partial charge in [-0.3, -0.25) is 0 Å². The number of hydrogen-bond acceptors (Lipinski definition) is 2. The highest BCUT2D eigenvalue weighted by atomic mass is 15.2. The average molecular weight is 278 g/mol. The van der Waals surface area contributed by atoms with Crippen molar-refractivity contribution in [3.05, 3.63) is 65.0 Å². The Morgan fingerprint density at radius 2 is 1.90 bits per heavy atom. The Morgan fingerprint density at radius 3 is 2.81 bits per heavy atom. The maximum absolute atomic E-state index is 3.47. The van der Waals surface area contributed by atoms with E-state index in [1.165, 1.54) is 35.2 Å². The zero-order chi connectivity index (χ0) is 14.1. The largest absolute Gasteiger partial charge is 0.345 e. The molecule has 108 valence electrons. The lowest BCUT2D eigenvalue weighted by atomic mass is 9.98. The van der Waals surface area contributed by atoms with Crippen LogP contribution in [0.1, 0.15) is 30.4 Å². The van der Waals surface area contributed by atoms with Crippen molar-refractivity contribution in [1.29, 1.82) is 0 Å². The van der Waals surface area contributed by atoms with Crippen LogP contribution in [0, 0.1) is 0 Å². The van der Waals surface area contributed by atoms with Crippen molar-refractivity contribution in [1.82, 2.24) is 10.2 Å². The third-order valence-corrected chi connectivity index (χ3v) is 4.86. The first-order valence-corrected chi connectivity index (χ1v) is 8.08. The highest BCUT2D eigenvalue weighted by molar-refractivity contribution is 5.64. The van der Waals surface area contributed by atoms with Gasteiger partial charge in [-0.2, -0.15) is 0 Å². The van der Waals surface area contributed by atoms with Gasteiger partial charge in [0.25, 0.3) is 0 Å². The minimum Gasteiger partial charge on any atom is -0.345 e. The van der Waals surface area contributed by atoms with Crippen LogP contribution in [0.15, 0.2) is 53.9 Å². The average Bonchev–Trinajstić information content (AvgIpc) is 2.74. The quantitative estimate of drug-likeness (QED) is 0.846. The van der Waals surface area contributed by atoms with Crippen molar-refractivity contribution in [3.63, 3.8) is 0 Å². The lowest BCUT2D eigenvalue weighted by Crippen LogP contribution is -2.40. The monoisotopic (exact) mass is 278 g/mol. The molecule has 0 radical (unpaired) electrons. The summed E-state index contributed by atoms with van der Waals surface area (Å²) < 4.78 is 0. The minimum atomic E-state index is 0.641. The Balaban J connectivity index is 1.72. The molecule has 1 aromatic carbocycles. The molecule has 1 N–H and O–H groups in total. The fourth-order valence-corrected chi connectivity index (χ4v) is 3.68. The van der Waals surface area contributed by atoms with Crippen LogP contribution in [0.4, 0.5) is 0 Å². The van der Waals surface area contributed by atoms with Crippen molar-refractivity contribution >= 4 is 6.08 Å². The Labute approximate surface area is 126 Å². The second kappa shape index (κ2) is 5.53. The molecule has 0 saturated carbocycles. The Bertz CT molecular complexity index is 618. The van der Waals surface area contributed by atoms with E-state index in [1.807, 2.05) is 0 Å². The number of nitrogens with zero attached hydrogens (tertiary/aromatic N) is 1. The molecule has 0 aromatic heterocycles. The van der Waals surface area contributed by atoms with Gasteiger partial charge in [-0.05, 0) is 67.6 Å². The molecule has 2 heteroatoms. The second-order valence-electron chi connectivity index (χ2n) is 6.15. The van der Waals surface area contributed by atoms with Gasteiger partial charge in [0, 0.05) is 17.9 Å². The summed E-state index contributed by atoms with van der Waals surface area (Å²) >= 11 is 0. The van der Waals surface area contributed by atoms with Crippen molar-refractivity contribution in [2.24, 2.45) is 0 Å². The number of aryl methyl sites for hydroxylation is 1. The molecule has 0 spiro atoms. The first-order valence-electron chi connectivity index (χ1n) is 8.08. The number of rotatable bonds is 1. The molecule has 21 heavy (non-hydrogen) atoms. The Hall–Kier alpha value is -1.80. The standard InChI is InChI=1S/C19H22N2/c1-2-5-17-14-19-16(8-7-15(17)4-1)6-3-13-21(19)18-9-11-20-12-10-18/h1-6,13-14,18,20H,7-12H2.